The van der Waals surface area contributed by atoms with Crippen LogP contribution in [0.15, 0.2) is 24.3 Å². The van der Waals surface area contributed by atoms with Crippen molar-refractivity contribution in [3.63, 3.8) is 0 Å². The van der Waals surface area contributed by atoms with E-state index in [0.29, 0.717) is 19.0 Å². The van der Waals surface area contributed by atoms with Gasteiger partial charge in [0.1, 0.15) is 0 Å². The van der Waals surface area contributed by atoms with Gasteiger partial charge in [0.2, 0.25) is 5.91 Å². The van der Waals surface area contributed by atoms with Gasteiger partial charge in [0.05, 0.1) is 6.10 Å². The van der Waals surface area contributed by atoms with Crippen molar-refractivity contribution in [2.45, 2.75) is 38.3 Å². The average molecular weight is 248 g/mol. The van der Waals surface area contributed by atoms with Gasteiger partial charge in [-0.05, 0) is 30.5 Å². The summed E-state index contributed by atoms with van der Waals surface area (Å²) in [6.45, 7) is 2.41. The number of carbonyl (C=O) groups is 1. The molecule has 0 aliphatic heterocycles. The Hall–Kier alpha value is -1.39. The summed E-state index contributed by atoms with van der Waals surface area (Å²) >= 11 is 0. The number of hydrogen-bond donors (Lipinski definition) is 3. The number of aliphatic hydroxyl groups is 1. The summed E-state index contributed by atoms with van der Waals surface area (Å²) in [4.78, 5) is 11.2. The molecule has 4 heteroatoms. The van der Waals surface area contributed by atoms with Gasteiger partial charge in [-0.25, -0.2) is 0 Å². The van der Waals surface area contributed by atoms with Crippen molar-refractivity contribution in [2.75, 3.05) is 11.9 Å². The monoisotopic (exact) mass is 248 g/mol. The van der Waals surface area contributed by atoms with Crippen molar-refractivity contribution in [3.8, 4) is 0 Å². The zero-order chi connectivity index (χ0) is 13.0. The molecular weight excluding hydrogens is 228 g/mol. The summed E-state index contributed by atoms with van der Waals surface area (Å²) in [6.07, 6.45) is 2.42. The summed E-state index contributed by atoms with van der Waals surface area (Å²) < 4.78 is 0. The molecule has 1 amide bonds. The van der Waals surface area contributed by atoms with Crippen molar-refractivity contribution in [1.82, 2.24) is 5.32 Å². The molecule has 1 aliphatic rings. The molecule has 1 unspecified atom stereocenters. The van der Waals surface area contributed by atoms with Crippen LogP contribution in [-0.2, 0) is 4.79 Å². The fourth-order valence-corrected chi connectivity index (χ4v) is 1.72. The number of carbonyl (C=O) groups excluding carboxylic acids is 1. The maximum Gasteiger partial charge on any atom is 0.224 e. The maximum absolute atomic E-state index is 11.2. The molecule has 1 aromatic rings. The van der Waals surface area contributed by atoms with Gasteiger partial charge in [0.25, 0.3) is 0 Å². The number of aliphatic hydroxyl groups excluding tert-OH is 1. The van der Waals surface area contributed by atoms with E-state index in [4.69, 9.17) is 0 Å². The maximum atomic E-state index is 11.2. The number of amides is 1. The molecular formula is C14H20N2O2. The fourth-order valence-electron chi connectivity index (χ4n) is 1.72. The largest absolute Gasteiger partial charge is 0.387 e. The second-order valence-electron chi connectivity index (χ2n) is 4.72. The topological polar surface area (TPSA) is 61.4 Å². The first-order chi connectivity index (χ1) is 8.69. The Balaban J connectivity index is 1.87. The second kappa shape index (κ2) is 5.98. The Labute approximate surface area is 107 Å². The lowest BCUT2D eigenvalue weighted by Crippen LogP contribution is -2.23. The summed E-state index contributed by atoms with van der Waals surface area (Å²) in [5, 5.41) is 16.0. The van der Waals surface area contributed by atoms with Crippen LogP contribution < -0.4 is 10.6 Å². The highest BCUT2D eigenvalue weighted by molar-refractivity contribution is 5.90. The molecule has 0 bridgehead atoms. The summed E-state index contributed by atoms with van der Waals surface area (Å²) in [6, 6.07) is 7.95. The van der Waals surface area contributed by atoms with Crippen LogP contribution in [0.3, 0.4) is 0 Å². The Bertz CT molecular complexity index is 399. The van der Waals surface area contributed by atoms with Gasteiger partial charge in [0, 0.05) is 24.7 Å². The van der Waals surface area contributed by atoms with Crippen molar-refractivity contribution in [1.29, 1.82) is 0 Å². The molecule has 0 heterocycles. The van der Waals surface area contributed by atoms with Crippen molar-refractivity contribution >= 4 is 11.6 Å². The fraction of sp³-hybridized carbons (Fsp3) is 0.500. The van der Waals surface area contributed by atoms with Crippen LogP contribution in [0, 0.1) is 0 Å². The van der Waals surface area contributed by atoms with Crippen molar-refractivity contribution in [2.24, 2.45) is 0 Å². The Morgan fingerprint density at radius 1 is 1.39 bits per heavy atom. The van der Waals surface area contributed by atoms with Crippen LogP contribution in [0.5, 0.6) is 0 Å². The lowest BCUT2D eigenvalue weighted by atomic mass is 10.1. The molecule has 1 aliphatic carbocycles. The number of benzene rings is 1. The van der Waals surface area contributed by atoms with Crippen LogP contribution >= 0.6 is 0 Å². The molecule has 18 heavy (non-hydrogen) atoms. The highest BCUT2D eigenvalue weighted by atomic mass is 16.3. The zero-order valence-electron chi connectivity index (χ0n) is 10.6. The van der Waals surface area contributed by atoms with Crippen molar-refractivity contribution in [3.05, 3.63) is 29.8 Å². The first-order valence-corrected chi connectivity index (χ1v) is 6.50. The predicted molar refractivity (Wildman–Crippen MR) is 71.3 cm³/mol. The SMILES string of the molecule is CCC(=O)Nc1ccc(C(O)CNC2CC2)cc1. The van der Waals surface area contributed by atoms with Crippen LogP contribution in [0.2, 0.25) is 0 Å². The first-order valence-electron chi connectivity index (χ1n) is 6.50. The highest BCUT2D eigenvalue weighted by Gasteiger charge is 2.21. The van der Waals surface area contributed by atoms with Gasteiger partial charge >= 0.3 is 0 Å². The molecule has 0 spiro atoms. The number of nitrogens with one attached hydrogen (secondary N) is 2. The van der Waals surface area contributed by atoms with E-state index in [9.17, 15) is 9.90 Å². The summed E-state index contributed by atoms with van der Waals surface area (Å²) in [7, 11) is 0. The van der Waals surface area contributed by atoms with Crippen LogP contribution in [0.1, 0.15) is 37.9 Å². The lowest BCUT2D eigenvalue weighted by molar-refractivity contribution is -0.115. The summed E-state index contributed by atoms with van der Waals surface area (Å²) in [5.41, 5.74) is 1.64. The quantitative estimate of drug-likeness (QED) is 0.719. The minimum Gasteiger partial charge on any atom is -0.387 e. The van der Waals surface area contributed by atoms with E-state index in [2.05, 4.69) is 10.6 Å². The minimum atomic E-state index is -0.485. The van der Waals surface area contributed by atoms with Gasteiger partial charge in [-0.15, -0.1) is 0 Å². The summed E-state index contributed by atoms with van der Waals surface area (Å²) in [5.74, 6) is -0.00121. The van der Waals surface area contributed by atoms with Crippen LogP contribution in [0.4, 0.5) is 5.69 Å². The normalized spacial score (nSPS) is 16.3. The van der Waals surface area contributed by atoms with Gasteiger partial charge in [-0.3, -0.25) is 4.79 Å². The van der Waals surface area contributed by atoms with Crippen molar-refractivity contribution < 1.29 is 9.90 Å². The Kier molecular flexibility index (Phi) is 4.33. The molecule has 0 aromatic heterocycles. The van der Waals surface area contributed by atoms with Gasteiger partial charge < -0.3 is 15.7 Å². The third-order valence-corrected chi connectivity index (χ3v) is 3.08. The van der Waals surface area contributed by atoms with Gasteiger partial charge in [0.15, 0.2) is 0 Å². The van der Waals surface area contributed by atoms with Crippen LogP contribution in [0.25, 0.3) is 0 Å². The first kappa shape index (κ1) is 13.1. The van der Waals surface area contributed by atoms with E-state index in [1.807, 2.05) is 31.2 Å². The molecule has 1 aromatic carbocycles. The number of anilines is 1. The average Bonchev–Trinajstić information content (AvgIpc) is 3.20. The second-order valence-corrected chi connectivity index (χ2v) is 4.72. The zero-order valence-corrected chi connectivity index (χ0v) is 10.6. The van der Waals surface area contributed by atoms with E-state index >= 15 is 0 Å². The molecule has 3 N–H and O–H groups in total. The molecule has 1 fully saturated rings. The molecule has 2 rings (SSSR count). The van der Waals surface area contributed by atoms with E-state index in [1.54, 1.807) is 0 Å². The third kappa shape index (κ3) is 3.82. The van der Waals surface area contributed by atoms with E-state index in [1.165, 1.54) is 12.8 Å². The minimum absolute atomic E-state index is 0.00121. The predicted octanol–water partition coefficient (Wildman–Crippen LogP) is 1.82. The number of hydrogen-bond acceptors (Lipinski definition) is 3. The highest BCUT2D eigenvalue weighted by Crippen LogP contribution is 2.21. The molecule has 0 radical (unpaired) electrons. The van der Waals surface area contributed by atoms with Gasteiger partial charge in [-0.2, -0.15) is 0 Å². The van der Waals surface area contributed by atoms with Crippen LogP contribution in [-0.4, -0.2) is 23.6 Å². The molecule has 1 saturated carbocycles. The molecule has 1 atom stereocenters. The van der Waals surface area contributed by atoms with E-state index in [-0.39, 0.29) is 5.91 Å². The molecule has 4 nitrogen and oxygen atoms in total. The standard InChI is InChI=1S/C14H20N2O2/c1-2-14(18)16-12-5-3-10(4-6-12)13(17)9-15-11-7-8-11/h3-6,11,13,15,17H,2,7-9H2,1H3,(H,16,18). The molecule has 98 valence electrons. The Morgan fingerprint density at radius 2 is 2.06 bits per heavy atom. The van der Waals surface area contributed by atoms with E-state index < -0.39 is 6.10 Å². The van der Waals surface area contributed by atoms with E-state index in [0.717, 1.165) is 11.3 Å². The lowest BCUT2D eigenvalue weighted by Gasteiger charge is -2.12. The van der Waals surface area contributed by atoms with Gasteiger partial charge in [-0.1, -0.05) is 19.1 Å². The third-order valence-electron chi connectivity index (χ3n) is 3.08. The smallest absolute Gasteiger partial charge is 0.224 e. The number of rotatable bonds is 6. The Morgan fingerprint density at radius 3 is 2.61 bits per heavy atom. The molecule has 0 saturated heterocycles.